The Kier molecular flexibility index (Phi) is 6.97. The Morgan fingerprint density at radius 1 is 1.21 bits per heavy atom. The van der Waals surface area contributed by atoms with Crippen LogP contribution in [-0.4, -0.2) is 43.2 Å². The van der Waals surface area contributed by atoms with Crippen molar-refractivity contribution in [2.45, 2.75) is 19.8 Å². The molecule has 0 saturated carbocycles. The Bertz CT molecular complexity index is 923. The maximum atomic E-state index is 12.8. The van der Waals surface area contributed by atoms with Crippen LogP contribution in [0.1, 0.15) is 29.6 Å². The third-order valence-corrected chi connectivity index (χ3v) is 4.44. The fraction of sp³-hybridized carbons (Fsp3) is 0.318. The minimum absolute atomic E-state index is 0.304. The number of rotatable bonds is 9. The summed E-state index contributed by atoms with van der Waals surface area (Å²) in [5.41, 5.74) is 1.76. The van der Waals surface area contributed by atoms with Gasteiger partial charge in [-0.05, 0) is 30.7 Å². The Morgan fingerprint density at radius 3 is 2.66 bits per heavy atom. The van der Waals surface area contributed by atoms with Gasteiger partial charge in [-0.25, -0.2) is 9.97 Å². The van der Waals surface area contributed by atoms with Crippen LogP contribution >= 0.6 is 0 Å². The fourth-order valence-electron chi connectivity index (χ4n) is 2.85. The summed E-state index contributed by atoms with van der Waals surface area (Å²) in [6.45, 7) is 3.39. The van der Waals surface area contributed by atoms with E-state index in [4.69, 9.17) is 9.15 Å². The van der Waals surface area contributed by atoms with Crippen molar-refractivity contribution in [2.75, 3.05) is 37.5 Å². The van der Waals surface area contributed by atoms with Gasteiger partial charge in [0.05, 0.1) is 18.5 Å². The van der Waals surface area contributed by atoms with Crippen LogP contribution in [0.5, 0.6) is 0 Å². The predicted molar refractivity (Wildman–Crippen MR) is 113 cm³/mol. The molecule has 1 amide bonds. The number of ether oxygens (including phenoxy) is 1. The third kappa shape index (κ3) is 5.20. The lowest BCUT2D eigenvalue weighted by Gasteiger charge is -2.17. The maximum absolute atomic E-state index is 12.8. The molecule has 0 radical (unpaired) electrons. The zero-order valence-corrected chi connectivity index (χ0v) is 17.0. The van der Waals surface area contributed by atoms with Crippen LogP contribution < -0.4 is 10.2 Å². The van der Waals surface area contributed by atoms with Crippen LogP contribution in [0, 0.1) is 0 Å². The summed E-state index contributed by atoms with van der Waals surface area (Å²) in [5.74, 6) is 1.54. The highest BCUT2D eigenvalue weighted by molar-refractivity contribution is 6.03. The summed E-state index contributed by atoms with van der Waals surface area (Å²) in [5, 5.41) is 2.86. The van der Waals surface area contributed by atoms with Gasteiger partial charge in [0.25, 0.3) is 5.91 Å². The summed E-state index contributed by atoms with van der Waals surface area (Å²) in [6.07, 6.45) is 3.13. The first-order chi connectivity index (χ1) is 14.1. The molecule has 0 bridgehead atoms. The molecule has 0 fully saturated rings. The highest BCUT2D eigenvalue weighted by Gasteiger charge is 2.20. The third-order valence-electron chi connectivity index (χ3n) is 4.44. The van der Waals surface area contributed by atoms with E-state index in [1.54, 1.807) is 13.3 Å². The van der Waals surface area contributed by atoms with Crippen molar-refractivity contribution in [3.63, 3.8) is 0 Å². The number of hydrogen-bond donors (Lipinski definition) is 1. The minimum atomic E-state index is -0.304. The molecule has 152 valence electrons. The van der Waals surface area contributed by atoms with Crippen LogP contribution in [0.3, 0.4) is 0 Å². The number of benzene rings is 1. The Labute approximate surface area is 170 Å². The largest absolute Gasteiger partial charge is 0.440 e. The lowest BCUT2D eigenvalue weighted by atomic mass is 10.2. The first kappa shape index (κ1) is 20.5. The van der Waals surface area contributed by atoms with E-state index in [2.05, 4.69) is 15.3 Å². The normalized spacial score (nSPS) is 10.7. The number of aromatic nitrogens is 2. The van der Waals surface area contributed by atoms with Crippen molar-refractivity contribution in [1.29, 1.82) is 0 Å². The van der Waals surface area contributed by atoms with Gasteiger partial charge in [-0.15, -0.1) is 0 Å². The lowest BCUT2D eigenvalue weighted by molar-refractivity contribution is 0.102. The molecule has 0 aliphatic heterocycles. The molecule has 3 rings (SSSR count). The van der Waals surface area contributed by atoms with E-state index in [1.807, 2.05) is 61.3 Å². The summed E-state index contributed by atoms with van der Waals surface area (Å²) in [7, 11) is 3.61. The average Bonchev–Trinajstić information content (AvgIpc) is 3.17. The number of methoxy groups -OCH3 is 1. The molecule has 3 aromatic rings. The molecule has 0 atom stereocenters. The van der Waals surface area contributed by atoms with Crippen LogP contribution in [0.15, 0.2) is 53.1 Å². The number of amides is 1. The highest BCUT2D eigenvalue weighted by Crippen LogP contribution is 2.24. The molecule has 1 N–H and O–H groups in total. The Balaban J connectivity index is 1.75. The molecule has 29 heavy (non-hydrogen) atoms. The van der Waals surface area contributed by atoms with Crippen LogP contribution in [0.4, 0.5) is 11.5 Å². The van der Waals surface area contributed by atoms with Gasteiger partial charge in [0.2, 0.25) is 5.89 Å². The van der Waals surface area contributed by atoms with Gasteiger partial charge in [0, 0.05) is 32.7 Å². The van der Waals surface area contributed by atoms with Gasteiger partial charge >= 0.3 is 0 Å². The Hall–Kier alpha value is -3.19. The molecule has 7 heteroatoms. The summed E-state index contributed by atoms with van der Waals surface area (Å²) in [4.78, 5) is 23.7. The SMILES string of the molecule is CCCc1oc(-c2ccccc2)nc1C(=O)Nc1ccc(N(C)CCOC)nc1. The number of pyridine rings is 1. The monoisotopic (exact) mass is 394 g/mol. The maximum Gasteiger partial charge on any atom is 0.277 e. The minimum Gasteiger partial charge on any atom is -0.440 e. The molecule has 0 aliphatic carbocycles. The number of hydrogen-bond acceptors (Lipinski definition) is 6. The van der Waals surface area contributed by atoms with Gasteiger partial charge in [0.1, 0.15) is 11.6 Å². The zero-order valence-electron chi connectivity index (χ0n) is 17.0. The first-order valence-electron chi connectivity index (χ1n) is 9.65. The van der Waals surface area contributed by atoms with E-state index in [-0.39, 0.29) is 5.91 Å². The second kappa shape index (κ2) is 9.84. The summed E-state index contributed by atoms with van der Waals surface area (Å²) < 4.78 is 11.0. The van der Waals surface area contributed by atoms with E-state index < -0.39 is 0 Å². The van der Waals surface area contributed by atoms with Crippen molar-refractivity contribution in [3.05, 3.63) is 60.1 Å². The fourth-order valence-corrected chi connectivity index (χ4v) is 2.85. The second-order valence-corrected chi connectivity index (χ2v) is 6.68. The zero-order chi connectivity index (χ0) is 20.6. The molecule has 1 aromatic carbocycles. The molecule has 2 aromatic heterocycles. The highest BCUT2D eigenvalue weighted by atomic mass is 16.5. The number of nitrogens with zero attached hydrogens (tertiary/aromatic N) is 3. The lowest BCUT2D eigenvalue weighted by Crippen LogP contribution is -2.23. The van der Waals surface area contributed by atoms with Crippen molar-refractivity contribution in [3.8, 4) is 11.5 Å². The van der Waals surface area contributed by atoms with E-state index in [0.717, 1.165) is 24.3 Å². The number of oxazole rings is 1. The average molecular weight is 394 g/mol. The Morgan fingerprint density at radius 2 is 2.00 bits per heavy atom. The number of likely N-dealkylation sites (N-methyl/N-ethyl adjacent to an activating group) is 1. The molecular weight excluding hydrogens is 368 g/mol. The van der Waals surface area contributed by atoms with Gasteiger partial charge < -0.3 is 19.4 Å². The van der Waals surface area contributed by atoms with E-state index in [1.165, 1.54) is 0 Å². The van der Waals surface area contributed by atoms with Crippen molar-refractivity contribution >= 4 is 17.4 Å². The predicted octanol–water partition coefficient (Wildman–Crippen LogP) is 4.02. The standard InChI is InChI=1S/C22H26N4O3/c1-4-8-18-20(25-22(29-18)16-9-6-5-7-10-16)21(27)24-17-11-12-19(23-15-17)26(2)13-14-28-3/h5-7,9-12,15H,4,8,13-14H2,1-3H3,(H,24,27). The van der Waals surface area contributed by atoms with E-state index >= 15 is 0 Å². The van der Waals surface area contributed by atoms with Crippen molar-refractivity contribution in [1.82, 2.24) is 9.97 Å². The number of carbonyl (C=O) groups excluding carboxylic acids is 1. The van der Waals surface area contributed by atoms with Crippen molar-refractivity contribution in [2.24, 2.45) is 0 Å². The van der Waals surface area contributed by atoms with Crippen LogP contribution in [0.2, 0.25) is 0 Å². The van der Waals surface area contributed by atoms with E-state index in [9.17, 15) is 4.79 Å². The number of anilines is 2. The summed E-state index contributed by atoms with van der Waals surface area (Å²) >= 11 is 0. The van der Waals surface area contributed by atoms with Crippen LogP contribution in [-0.2, 0) is 11.2 Å². The van der Waals surface area contributed by atoms with Gasteiger partial charge in [-0.1, -0.05) is 25.1 Å². The van der Waals surface area contributed by atoms with Gasteiger partial charge in [-0.2, -0.15) is 0 Å². The van der Waals surface area contributed by atoms with Gasteiger partial charge in [-0.3, -0.25) is 4.79 Å². The number of carbonyl (C=O) groups is 1. The number of aryl methyl sites for hydroxylation is 1. The smallest absolute Gasteiger partial charge is 0.277 e. The molecule has 0 saturated heterocycles. The number of nitrogens with one attached hydrogen (secondary N) is 1. The molecule has 2 heterocycles. The second-order valence-electron chi connectivity index (χ2n) is 6.68. The summed E-state index contributed by atoms with van der Waals surface area (Å²) in [6, 6.07) is 13.2. The molecular formula is C22H26N4O3. The van der Waals surface area contributed by atoms with Gasteiger partial charge in [0.15, 0.2) is 5.69 Å². The quantitative estimate of drug-likeness (QED) is 0.590. The first-order valence-corrected chi connectivity index (χ1v) is 9.65. The molecule has 0 spiro atoms. The van der Waals surface area contributed by atoms with E-state index in [0.29, 0.717) is 36.1 Å². The molecule has 0 unspecified atom stereocenters. The molecule has 0 aliphatic rings. The van der Waals surface area contributed by atoms with Crippen LogP contribution in [0.25, 0.3) is 11.5 Å². The topological polar surface area (TPSA) is 80.5 Å². The van der Waals surface area contributed by atoms with Crippen molar-refractivity contribution < 1.29 is 13.9 Å². The molecule has 7 nitrogen and oxygen atoms in total.